The average Bonchev–Trinajstić information content (AvgIpc) is 3.04. The highest BCUT2D eigenvalue weighted by Crippen LogP contribution is 2.38. The van der Waals surface area contributed by atoms with Crippen LogP contribution in [0.15, 0.2) is 46.2 Å². The van der Waals surface area contributed by atoms with Gasteiger partial charge in [-0.3, -0.25) is 14.3 Å². The second kappa shape index (κ2) is 9.33. The number of fused-ring (bicyclic) bond motifs is 1. The number of amides is 2. The first kappa shape index (κ1) is 22.9. The van der Waals surface area contributed by atoms with Gasteiger partial charge in [-0.15, -0.1) is 11.8 Å². The van der Waals surface area contributed by atoms with Gasteiger partial charge in [0.05, 0.1) is 16.3 Å². The smallest absolute Gasteiger partial charge is 0.261 e. The van der Waals surface area contributed by atoms with Crippen molar-refractivity contribution >= 4 is 56.6 Å². The molecule has 2 aromatic carbocycles. The van der Waals surface area contributed by atoms with Gasteiger partial charge in [0.25, 0.3) is 10.0 Å². The number of carbonyl (C=O) groups is 2. The molecular formula is C22H24ClN3O4S2. The largest absolute Gasteiger partial charge is 0.341 e. The predicted molar refractivity (Wildman–Crippen MR) is 127 cm³/mol. The molecule has 1 fully saturated rings. The maximum atomic E-state index is 12.9. The van der Waals surface area contributed by atoms with Gasteiger partial charge in [-0.05, 0) is 55.7 Å². The van der Waals surface area contributed by atoms with Crippen LogP contribution in [0, 0.1) is 6.92 Å². The molecular weight excluding hydrogens is 470 g/mol. The number of hydrogen-bond donors (Lipinski definition) is 2. The molecule has 0 bridgehead atoms. The van der Waals surface area contributed by atoms with Gasteiger partial charge >= 0.3 is 0 Å². The summed E-state index contributed by atoms with van der Waals surface area (Å²) in [6.07, 6.45) is 4.08. The Kier molecular flexibility index (Phi) is 6.69. The molecule has 0 aromatic heterocycles. The Morgan fingerprint density at radius 2 is 1.84 bits per heavy atom. The van der Waals surface area contributed by atoms with Gasteiger partial charge in [0, 0.05) is 23.0 Å². The first-order valence-corrected chi connectivity index (χ1v) is 13.2. The average molecular weight is 494 g/mol. The van der Waals surface area contributed by atoms with E-state index >= 15 is 0 Å². The molecule has 7 nitrogen and oxygen atoms in total. The summed E-state index contributed by atoms with van der Waals surface area (Å²) >= 11 is 7.16. The number of benzene rings is 2. The number of hydrogen-bond acceptors (Lipinski definition) is 5. The molecule has 0 saturated carbocycles. The van der Waals surface area contributed by atoms with Gasteiger partial charge in [-0.25, -0.2) is 8.42 Å². The van der Waals surface area contributed by atoms with Gasteiger partial charge in [0.2, 0.25) is 11.8 Å². The molecule has 32 heavy (non-hydrogen) atoms. The highest BCUT2D eigenvalue weighted by atomic mass is 35.5. The molecule has 1 atom stereocenters. The van der Waals surface area contributed by atoms with E-state index < -0.39 is 21.2 Å². The van der Waals surface area contributed by atoms with Gasteiger partial charge in [0.15, 0.2) is 5.25 Å². The zero-order valence-electron chi connectivity index (χ0n) is 17.6. The minimum Gasteiger partial charge on any atom is -0.341 e. The van der Waals surface area contributed by atoms with Crippen molar-refractivity contribution in [3.8, 4) is 0 Å². The van der Waals surface area contributed by atoms with Crippen LogP contribution in [0.1, 0.15) is 31.2 Å². The molecule has 170 valence electrons. The summed E-state index contributed by atoms with van der Waals surface area (Å²) in [5, 5.41) is 2.28. The van der Waals surface area contributed by atoms with Gasteiger partial charge < -0.3 is 10.2 Å². The third-order valence-corrected chi connectivity index (χ3v) is 8.45. The Bertz CT molecular complexity index is 1160. The third-order valence-electron chi connectivity index (χ3n) is 5.59. The van der Waals surface area contributed by atoms with Crippen molar-refractivity contribution in [2.45, 2.75) is 47.6 Å². The monoisotopic (exact) mass is 493 g/mol. The quantitative estimate of drug-likeness (QED) is 0.620. The van der Waals surface area contributed by atoms with E-state index in [1.54, 1.807) is 36.1 Å². The lowest BCUT2D eigenvalue weighted by Crippen LogP contribution is -2.45. The lowest BCUT2D eigenvalue weighted by atomic mass is 10.2. The van der Waals surface area contributed by atoms with Crippen LogP contribution in [-0.4, -0.2) is 43.5 Å². The summed E-state index contributed by atoms with van der Waals surface area (Å²) in [6.45, 7) is 3.11. The number of nitrogens with one attached hydrogen (secondary N) is 2. The van der Waals surface area contributed by atoms with Crippen molar-refractivity contribution in [1.29, 1.82) is 0 Å². The molecule has 2 aliphatic rings. The molecule has 10 heteroatoms. The number of thioether (sulfide) groups is 1. The van der Waals surface area contributed by atoms with Gasteiger partial charge in [-0.1, -0.05) is 30.5 Å². The van der Waals surface area contributed by atoms with E-state index in [9.17, 15) is 18.0 Å². The van der Waals surface area contributed by atoms with E-state index in [-0.39, 0.29) is 10.8 Å². The van der Waals surface area contributed by atoms with Gasteiger partial charge in [0.1, 0.15) is 0 Å². The number of likely N-dealkylation sites (tertiary alicyclic amines) is 1. The lowest BCUT2D eigenvalue weighted by molar-refractivity contribution is -0.133. The Labute approximate surface area is 196 Å². The van der Waals surface area contributed by atoms with E-state index in [1.807, 2.05) is 0 Å². The third kappa shape index (κ3) is 4.89. The molecule has 2 aromatic rings. The molecule has 0 unspecified atom stereocenters. The first-order chi connectivity index (χ1) is 15.2. The number of halogens is 1. The van der Waals surface area contributed by atoms with Crippen molar-refractivity contribution in [1.82, 2.24) is 4.90 Å². The minimum absolute atomic E-state index is 0.00817. The lowest BCUT2D eigenvalue weighted by Gasteiger charge is -2.28. The zero-order valence-corrected chi connectivity index (χ0v) is 19.9. The molecule has 2 amide bonds. The maximum Gasteiger partial charge on any atom is 0.261 e. The summed E-state index contributed by atoms with van der Waals surface area (Å²) in [5.74, 6) is -0.611. The van der Waals surface area contributed by atoms with Gasteiger partial charge in [-0.2, -0.15) is 0 Å². The fourth-order valence-electron chi connectivity index (χ4n) is 3.78. The Morgan fingerprint density at radius 1 is 1.12 bits per heavy atom. The molecule has 4 rings (SSSR count). The number of aryl methyl sites for hydroxylation is 1. The number of nitrogens with zero attached hydrogens (tertiary/aromatic N) is 1. The number of sulfonamides is 1. The van der Waals surface area contributed by atoms with Crippen LogP contribution in [0.5, 0.6) is 0 Å². The minimum atomic E-state index is -3.90. The Balaban J connectivity index is 1.54. The van der Waals surface area contributed by atoms with E-state index in [0.717, 1.165) is 31.2 Å². The van der Waals surface area contributed by atoms with Crippen molar-refractivity contribution in [2.75, 3.05) is 23.1 Å². The second-order valence-electron chi connectivity index (χ2n) is 7.95. The van der Waals surface area contributed by atoms with Crippen molar-refractivity contribution in [3.05, 3.63) is 47.0 Å². The highest BCUT2D eigenvalue weighted by molar-refractivity contribution is 8.01. The van der Waals surface area contributed by atoms with Crippen molar-refractivity contribution in [2.24, 2.45) is 0 Å². The standard InChI is InChI=1S/C22H24ClN3O4S2/c1-14-6-7-15(23)12-17(14)25-32(29,30)16-8-9-19-18(13-16)24-21(27)20(31-19)22(28)26-10-4-2-3-5-11-26/h6-9,12-13,20,25H,2-5,10-11H2,1H3,(H,24,27)/t20-/m0/s1. The molecule has 0 spiro atoms. The molecule has 2 heterocycles. The number of rotatable bonds is 4. The van der Waals surface area contributed by atoms with Crippen molar-refractivity contribution < 1.29 is 18.0 Å². The Hall–Kier alpha value is -2.23. The topological polar surface area (TPSA) is 95.6 Å². The summed E-state index contributed by atoms with van der Waals surface area (Å²) in [7, 11) is -3.90. The van der Waals surface area contributed by atoms with Crippen LogP contribution in [-0.2, 0) is 19.6 Å². The van der Waals surface area contributed by atoms with Crippen LogP contribution >= 0.6 is 23.4 Å². The van der Waals surface area contributed by atoms with Crippen LogP contribution < -0.4 is 10.0 Å². The van der Waals surface area contributed by atoms with E-state index in [0.29, 0.717) is 34.4 Å². The number of anilines is 2. The van der Waals surface area contributed by atoms with Crippen LogP contribution in [0.25, 0.3) is 0 Å². The summed E-state index contributed by atoms with van der Waals surface area (Å²) in [5.41, 5.74) is 1.50. The molecule has 1 saturated heterocycles. The maximum absolute atomic E-state index is 12.9. The second-order valence-corrected chi connectivity index (χ2v) is 11.2. The molecule has 2 N–H and O–H groups in total. The van der Waals surface area contributed by atoms with E-state index in [1.165, 1.54) is 23.9 Å². The van der Waals surface area contributed by atoms with Crippen molar-refractivity contribution in [3.63, 3.8) is 0 Å². The SMILES string of the molecule is Cc1ccc(Cl)cc1NS(=O)(=O)c1ccc2c(c1)NC(=O)[C@@H](C(=O)N1CCCCCC1)S2. The first-order valence-electron chi connectivity index (χ1n) is 10.4. The van der Waals surface area contributed by atoms with Crippen LogP contribution in [0.3, 0.4) is 0 Å². The Morgan fingerprint density at radius 3 is 2.56 bits per heavy atom. The normalized spacial score (nSPS) is 19.0. The fourth-order valence-corrected chi connectivity index (χ4v) is 6.16. The van der Waals surface area contributed by atoms with E-state index in [2.05, 4.69) is 10.0 Å². The number of carbonyl (C=O) groups excluding carboxylic acids is 2. The molecule has 0 radical (unpaired) electrons. The van der Waals surface area contributed by atoms with E-state index in [4.69, 9.17) is 11.6 Å². The molecule has 0 aliphatic carbocycles. The van der Waals surface area contributed by atoms with Crippen LogP contribution in [0.4, 0.5) is 11.4 Å². The predicted octanol–water partition coefficient (Wildman–Crippen LogP) is 4.26. The summed E-state index contributed by atoms with van der Waals surface area (Å²) < 4.78 is 28.4. The summed E-state index contributed by atoms with van der Waals surface area (Å²) in [6, 6.07) is 9.47. The molecule has 2 aliphatic heterocycles. The summed E-state index contributed by atoms with van der Waals surface area (Å²) in [4.78, 5) is 28.1. The zero-order chi connectivity index (χ0) is 22.9. The highest BCUT2D eigenvalue weighted by Gasteiger charge is 2.36. The fraction of sp³-hybridized carbons (Fsp3) is 0.364. The van der Waals surface area contributed by atoms with Crippen LogP contribution in [0.2, 0.25) is 5.02 Å².